The van der Waals surface area contributed by atoms with E-state index in [1.807, 2.05) is 28.2 Å². The highest BCUT2D eigenvalue weighted by Gasteiger charge is 2.02. The van der Waals surface area contributed by atoms with Crippen molar-refractivity contribution in [1.29, 1.82) is 0 Å². The Morgan fingerprint density at radius 3 is 2.05 bits per heavy atom. The SMILES string of the molecule is CN(C)C(=NCCCCCc1ccccc1)N(C)C.I. The third-order valence-corrected chi connectivity index (χ3v) is 3.02. The normalized spacial score (nSPS) is 9.60. The molecule has 0 bridgehead atoms. The summed E-state index contributed by atoms with van der Waals surface area (Å²) >= 11 is 0. The molecule has 0 unspecified atom stereocenters. The quantitative estimate of drug-likeness (QED) is 0.321. The topological polar surface area (TPSA) is 18.8 Å². The van der Waals surface area contributed by atoms with Crippen molar-refractivity contribution in [3.63, 3.8) is 0 Å². The van der Waals surface area contributed by atoms with E-state index in [2.05, 4.69) is 45.1 Å². The lowest BCUT2D eigenvalue weighted by Gasteiger charge is -2.22. The van der Waals surface area contributed by atoms with E-state index in [1.165, 1.54) is 24.8 Å². The molecule has 1 aromatic carbocycles. The number of hydrogen-bond donors (Lipinski definition) is 0. The van der Waals surface area contributed by atoms with Crippen LogP contribution in [-0.2, 0) is 6.42 Å². The smallest absolute Gasteiger partial charge is 0.195 e. The lowest BCUT2D eigenvalue weighted by molar-refractivity contribution is 0.478. The van der Waals surface area contributed by atoms with Crippen molar-refractivity contribution >= 4 is 29.9 Å². The van der Waals surface area contributed by atoms with Crippen LogP contribution in [0, 0.1) is 0 Å². The molecule has 0 heterocycles. The van der Waals surface area contributed by atoms with Gasteiger partial charge in [-0.15, -0.1) is 24.0 Å². The maximum absolute atomic E-state index is 4.64. The van der Waals surface area contributed by atoms with E-state index < -0.39 is 0 Å². The van der Waals surface area contributed by atoms with Gasteiger partial charge >= 0.3 is 0 Å². The second-order valence-corrected chi connectivity index (χ2v) is 5.27. The summed E-state index contributed by atoms with van der Waals surface area (Å²) in [5, 5.41) is 0. The second kappa shape index (κ2) is 10.9. The summed E-state index contributed by atoms with van der Waals surface area (Å²) in [6.07, 6.45) is 4.84. The minimum absolute atomic E-state index is 0. The van der Waals surface area contributed by atoms with Crippen molar-refractivity contribution in [1.82, 2.24) is 9.80 Å². The summed E-state index contributed by atoms with van der Waals surface area (Å²) in [5.41, 5.74) is 1.44. The van der Waals surface area contributed by atoms with Crippen LogP contribution in [0.15, 0.2) is 35.3 Å². The van der Waals surface area contributed by atoms with Crippen molar-refractivity contribution in [2.75, 3.05) is 34.7 Å². The fourth-order valence-electron chi connectivity index (χ4n) is 2.12. The standard InChI is InChI=1S/C16H27N3.HI/c1-18(2)16(19(3)4)17-14-10-6-9-13-15-11-7-5-8-12-15;/h5,7-8,11-12H,6,9-10,13-14H2,1-4H3;1H. The molecule has 0 radical (unpaired) electrons. The lowest BCUT2D eigenvalue weighted by Crippen LogP contribution is -2.35. The van der Waals surface area contributed by atoms with Crippen molar-refractivity contribution in [3.8, 4) is 0 Å². The van der Waals surface area contributed by atoms with E-state index in [-0.39, 0.29) is 24.0 Å². The number of aryl methyl sites for hydroxylation is 1. The zero-order chi connectivity index (χ0) is 14.1. The van der Waals surface area contributed by atoms with Crippen LogP contribution in [0.5, 0.6) is 0 Å². The molecular weight excluding hydrogens is 361 g/mol. The minimum Gasteiger partial charge on any atom is -0.349 e. The largest absolute Gasteiger partial charge is 0.349 e. The van der Waals surface area contributed by atoms with Gasteiger partial charge in [0.05, 0.1) is 0 Å². The zero-order valence-corrected chi connectivity index (χ0v) is 15.5. The van der Waals surface area contributed by atoms with Crippen LogP contribution in [0.1, 0.15) is 24.8 Å². The molecule has 0 amide bonds. The second-order valence-electron chi connectivity index (χ2n) is 5.27. The van der Waals surface area contributed by atoms with Gasteiger partial charge in [-0.1, -0.05) is 36.8 Å². The number of halogens is 1. The van der Waals surface area contributed by atoms with Crippen LogP contribution in [0.25, 0.3) is 0 Å². The highest BCUT2D eigenvalue weighted by molar-refractivity contribution is 14.0. The predicted molar refractivity (Wildman–Crippen MR) is 99.1 cm³/mol. The van der Waals surface area contributed by atoms with Gasteiger partial charge in [0.15, 0.2) is 5.96 Å². The highest BCUT2D eigenvalue weighted by Crippen LogP contribution is 2.06. The fraction of sp³-hybridized carbons (Fsp3) is 0.562. The molecular formula is C16H28IN3. The molecule has 0 aliphatic rings. The number of unbranched alkanes of at least 4 members (excludes halogenated alkanes) is 2. The summed E-state index contributed by atoms with van der Waals surface area (Å²) in [6.45, 7) is 0.917. The Hall–Kier alpha value is -0.780. The Bertz CT molecular complexity index is 365. The molecule has 1 rings (SSSR count). The molecule has 0 atom stereocenters. The van der Waals surface area contributed by atoms with Crippen molar-refractivity contribution in [2.24, 2.45) is 4.99 Å². The van der Waals surface area contributed by atoms with Crippen LogP contribution >= 0.6 is 24.0 Å². The number of benzene rings is 1. The lowest BCUT2D eigenvalue weighted by atomic mass is 10.1. The van der Waals surface area contributed by atoms with E-state index in [4.69, 9.17) is 0 Å². The molecule has 0 fully saturated rings. The average molecular weight is 389 g/mol. The van der Waals surface area contributed by atoms with Gasteiger partial charge in [-0.3, -0.25) is 4.99 Å². The highest BCUT2D eigenvalue weighted by atomic mass is 127. The molecule has 0 spiro atoms. The maximum atomic E-state index is 4.64. The van der Waals surface area contributed by atoms with Crippen molar-refractivity contribution in [2.45, 2.75) is 25.7 Å². The minimum atomic E-state index is 0. The van der Waals surface area contributed by atoms with Gasteiger partial charge in [0, 0.05) is 34.7 Å². The Morgan fingerprint density at radius 1 is 0.900 bits per heavy atom. The molecule has 3 nitrogen and oxygen atoms in total. The Balaban J connectivity index is 0.00000361. The fourth-order valence-corrected chi connectivity index (χ4v) is 2.12. The Morgan fingerprint density at radius 2 is 1.50 bits per heavy atom. The van der Waals surface area contributed by atoms with Gasteiger partial charge < -0.3 is 9.80 Å². The number of rotatable bonds is 6. The molecule has 0 aromatic heterocycles. The maximum Gasteiger partial charge on any atom is 0.195 e. The first-order valence-corrected chi connectivity index (χ1v) is 7.04. The summed E-state index contributed by atoms with van der Waals surface area (Å²) < 4.78 is 0. The Labute approximate surface area is 141 Å². The van der Waals surface area contributed by atoms with E-state index in [9.17, 15) is 0 Å². The molecule has 1 aromatic rings. The summed E-state index contributed by atoms with van der Waals surface area (Å²) in [5.74, 6) is 1.04. The van der Waals surface area contributed by atoms with Gasteiger partial charge in [0.2, 0.25) is 0 Å². The van der Waals surface area contributed by atoms with Gasteiger partial charge in [0.1, 0.15) is 0 Å². The van der Waals surface area contributed by atoms with Crippen LogP contribution in [0.2, 0.25) is 0 Å². The first-order chi connectivity index (χ1) is 9.11. The first kappa shape index (κ1) is 19.2. The van der Waals surface area contributed by atoms with Gasteiger partial charge in [-0.05, 0) is 24.8 Å². The van der Waals surface area contributed by atoms with Gasteiger partial charge in [-0.25, -0.2) is 0 Å². The molecule has 114 valence electrons. The third kappa shape index (κ3) is 7.72. The number of aliphatic imine (C=N–C) groups is 1. The summed E-state index contributed by atoms with van der Waals surface area (Å²) in [7, 11) is 8.14. The van der Waals surface area contributed by atoms with Crippen LogP contribution < -0.4 is 0 Å². The zero-order valence-electron chi connectivity index (χ0n) is 13.2. The molecule has 0 aliphatic carbocycles. The van der Waals surface area contributed by atoms with E-state index >= 15 is 0 Å². The number of hydrogen-bond acceptors (Lipinski definition) is 1. The van der Waals surface area contributed by atoms with Crippen molar-refractivity contribution < 1.29 is 0 Å². The average Bonchev–Trinajstić information content (AvgIpc) is 2.38. The van der Waals surface area contributed by atoms with Gasteiger partial charge in [0.25, 0.3) is 0 Å². The molecule has 0 saturated carbocycles. The molecule has 0 aliphatic heterocycles. The third-order valence-electron chi connectivity index (χ3n) is 3.02. The summed E-state index contributed by atoms with van der Waals surface area (Å²) in [4.78, 5) is 8.75. The predicted octanol–water partition coefficient (Wildman–Crippen LogP) is 3.50. The van der Waals surface area contributed by atoms with Crippen molar-refractivity contribution in [3.05, 3.63) is 35.9 Å². The molecule has 20 heavy (non-hydrogen) atoms. The summed E-state index contributed by atoms with van der Waals surface area (Å²) in [6, 6.07) is 10.7. The monoisotopic (exact) mass is 389 g/mol. The number of guanidine groups is 1. The van der Waals surface area contributed by atoms with E-state index in [0.717, 1.165) is 18.9 Å². The Kier molecular flexibility index (Phi) is 10.5. The molecule has 0 N–H and O–H groups in total. The van der Waals surface area contributed by atoms with Crippen LogP contribution in [0.4, 0.5) is 0 Å². The number of nitrogens with zero attached hydrogens (tertiary/aromatic N) is 3. The first-order valence-electron chi connectivity index (χ1n) is 7.04. The molecule has 0 saturated heterocycles. The van der Waals surface area contributed by atoms with E-state index in [1.54, 1.807) is 0 Å². The van der Waals surface area contributed by atoms with Gasteiger partial charge in [-0.2, -0.15) is 0 Å². The van der Waals surface area contributed by atoms with Crippen LogP contribution in [-0.4, -0.2) is 50.5 Å². The van der Waals surface area contributed by atoms with E-state index in [0.29, 0.717) is 0 Å². The molecule has 4 heteroatoms. The van der Waals surface area contributed by atoms with Crippen LogP contribution in [0.3, 0.4) is 0 Å².